The Hall–Kier alpha value is -1.88. The zero-order valence-electron chi connectivity index (χ0n) is 11.3. The van der Waals surface area contributed by atoms with E-state index in [9.17, 15) is 9.59 Å². The monoisotopic (exact) mass is 261 g/mol. The van der Waals surface area contributed by atoms with Gasteiger partial charge in [0.2, 0.25) is 0 Å². The maximum Gasteiger partial charge on any atom is 0.312 e. The van der Waals surface area contributed by atoms with Gasteiger partial charge in [0, 0.05) is 32.7 Å². The van der Waals surface area contributed by atoms with Gasteiger partial charge in [-0.2, -0.15) is 0 Å². The van der Waals surface area contributed by atoms with Crippen molar-refractivity contribution in [3.05, 3.63) is 35.4 Å². The van der Waals surface area contributed by atoms with Crippen LogP contribution in [0.15, 0.2) is 24.3 Å². The lowest BCUT2D eigenvalue weighted by Crippen LogP contribution is -2.54. The van der Waals surface area contributed by atoms with E-state index in [2.05, 4.69) is 0 Å². The first-order valence-electron chi connectivity index (χ1n) is 6.36. The molecule has 0 bridgehead atoms. The van der Waals surface area contributed by atoms with Crippen molar-refractivity contribution in [1.29, 1.82) is 0 Å². The average molecular weight is 261 g/mol. The number of aryl methyl sites for hydroxylation is 1. The molecule has 19 heavy (non-hydrogen) atoms. The van der Waals surface area contributed by atoms with Gasteiger partial charge < -0.3 is 15.5 Å². The third-order valence-electron chi connectivity index (χ3n) is 3.53. The lowest BCUT2D eigenvalue weighted by Gasteiger charge is -2.33. The van der Waals surface area contributed by atoms with Crippen LogP contribution in [-0.2, 0) is 9.59 Å². The summed E-state index contributed by atoms with van der Waals surface area (Å²) in [5, 5.41) is 0. The molecule has 0 radical (unpaired) electrons. The van der Waals surface area contributed by atoms with Crippen LogP contribution in [0.1, 0.15) is 17.2 Å². The van der Waals surface area contributed by atoms with Crippen molar-refractivity contribution in [2.45, 2.75) is 13.0 Å². The standard InChI is InChI=1S/C14H19N3O2/c1-10-5-3-4-6-11(10)12(15)9-17-8-7-16(2)13(18)14(17)19/h3-6,12H,7-9,15H2,1-2H3. The van der Waals surface area contributed by atoms with Crippen molar-refractivity contribution < 1.29 is 9.59 Å². The highest BCUT2D eigenvalue weighted by Crippen LogP contribution is 2.17. The number of hydrogen-bond acceptors (Lipinski definition) is 3. The second-order valence-electron chi connectivity index (χ2n) is 4.94. The van der Waals surface area contributed by atoms with Crippen LogP contribution in [0.4, 0.5) is 0 Å². The molecule has 0 spiro atoms. The molecule has 0 aliphatic carbocycles. The molecule has 1 atom stereocenters. The maximum absolute atomic E-state index is 11.9. The Morgan fingerprint density at radius 2 is 1.89 bits per heavy atom. The van der Waals surface area contributed by atoms with Gasteiger partial charge in [-0.05, 0) is 18.1 Å². The van der Waals surface area contributed by atoms with Crippen molar-refractivity contribution in [2.24, 2.45) is 5.73 Å². The third kappa shape index (κ3) is 2.76. The molecule has 1 aromatic carbocycles. The largest absolute Gasteiger partial charge is 0.336 e. The maximum atomic E-state index is 11.9. The minimum absolute atomic E-state index is 0.263. The number of carbonyl (C=O) groups excluding carboxylic acids is 2. The second kappa shape index (κ2) is 5.40. The molecule has 1 aliphatic rings. The first kappa shape index (κ1) is 13.5. The van der Waals surface area contributed by atoms with Gasteiger partial charge in [-0.1, -0.05) is 24.3 Å². The number of benzene rings is 1. The topological polar surface area (TPSA) is 66.6 Å². The minimum atomic E-state index is -0.460. The van der Waals surface area contributed by atoms with Gasteiger partial charge >= 0.3 is 11.8 Å². The van der Waals surface area contributed by atoms with E-state index in [1.54, 1.807) is 11.9 Å². The van der Waals surface area contributed by atoms with Crippen LogP contribution in [0, 0.1) is 6.92 Å². The Bertz CT molecular complexity index is 501. The summed E-state index contributed by atoms with van der Waals surface area (Å²) < 4.78 is 0. The molecule has 0 saturated carbocycles. The van der Waals surface area contributed by atoms with Gasteiger partial charge in [0.1, 0.15) is 0 Å². The van der Waals surface area contributed by atoms with Gasteiger partial charge in [-0.3, -0.25) is 9.59 Å². The fourth-order valence-corrected chi connectivity index (χ4v) is 2.29. The van der Waals surface area contributed by atoms with E-state index in [1.165, 1.54) is 4.90 Å². The number of carbonyl (C=O) groups is 2. The zero-order valence-corrected chi connectivity index (χ0v) is 11.3. The van der Waals surface area contributed by atoms with E-state index in [4.69, 9.17) is 5.73 Å². The van der Waals surface area contributed by atoms with E-state index in [0.717, 1.165) is 11.1 Å². The first-order valence-corrected chi connectivity index (χ1v) is 6.36. The summed E-state index contributed by atoms with van der Waals surface area (Å²) in [4.78, 5) is 26.5. The minimum Gasteiger partial charge on any atom is -0.336 e. The van der Waals surface area contributed by atoms with Crippen molar-refractivity contribution in [1.82, 2.24) is 9.80 Å². The number of nitrogens with two attached hydrogens (primary N) is 1. The summed E-state index contributed by atoms with van der Waals surface area (Å²) in [6.45, 7) is 3.47. The second-order valence-corrected chi connectivity index (χ2v) is 4.94. The van der Waals surface area contributed by atoms with E-state index in [-0.39, 0.29) is 6.04 Å². The molecule has 2 rings (SSSR count). The summed E-state index contributed by atoms with van der Waals surface area (Å²) in [7, 11) is 1.64. The van der Waals surface area contributed by atoms with Crippen molar-refractivity contribution in [3.63, 3.8) is 0 Å². The summed E-state index contributed by atoms with van der Waals surface area (Å²) in [6, 6.07) is 7.57. The lowest BCUT2D eigenvalue weighted by molar-refractivity contribution is -0.155. The highest BCUT2D eigenvalue weighted by Gasteiger charge is 2.31. The van der Waals surface area contributed by atoms with Gasteiger partial charge in [0.05, 0.1) is 0 Å². The Morgan fingerprint density at radius 3 is 2.58 bits per heavy atom. The number of nitrogens with zero attached hydrogens (tertiary/aromatic N) is 2. The van der Waals surface area contributed by atoms with Crippen molar-refractivity contribution in [3.8, 4) is 0 Å². The highest BCUT2D eigenvalue weighted by atomic mass is 16.2. The smallest absolute Gasteiger partial charge is 0.312 e. The summed E-state index contributed by atoms with van der Waals surface area (Å²) >= 11 is 0. The Labute approximate surface area is 113 Å². The van der Waals surface area contributed by atoms with Crippen LogP contribution in [0.2, 0.25) is 0 Å². The van der Waals surface area contributed by atoms with Crippen molar-refractivity contribution >= 4 is 11.8 Å². The fraction of sp³-hybridized carbons (Fsp3) is 0.429. The van der Waals surface area contributed by atoms with Crippen LogP contribution in [0.25, 0.3) is 0 Å². The zero-order chi connectivity index (χ0) is 14.0. The van der Waals surface area contributed by atoms with Crippen molar-refractivity contribution in [2.75, 3.05) is 26.7 Å². The first-order chi connectivity index (χ1) is 9.00. The third-order valence-corrected chi connectivity index (χ3v) is 3.53. The quantitative estimate of drug-likeness (QED) is 0.796. The molecule has 102 valence electrons. The number of piperazine rings is 1. The van der Waals surface area contributed by atoms with Gasteiger partial charge in [0.25, 0.3) is 0 Å². The molecule has 1 unspecified atom stereocenters. The van der Waals surface area contributed by atoms with E-state index >= 15 is 0 Å². The lowest BCUT2D eigenvalue weighted by atomic mass is 10.0. The van der Waals surface area contributed by atoms with Gasteiger partial charge in [-0.25, -0.2) is 0 Å². The summed E-state index contributed by atoms with van der Waals surface area (Å²) in [5.41, 5.74) is 8.27. The van der Waals surface area contributed by atoms with Crippen LogP contribution in [0.5, 0.6) is 0 Å². The fourth-order valence-electron chi connectivity index (χ4n) is 2.29. The molecular weight excluding hydrogens is 242 g/mol. The molecule has 0 aromatic heterocycles. The predicted octanol–water partition coefficient (Wildman–Crippen LogP) is 0.295. The van der Waals surface area contributed by atoms with Gasteiger partial charge in [-0.15, -0.1) is 0 Å². The summed E-state index contributed by atoms with van der Waals surface area (Å²) in [6.07, 6.45) is 0. The number of rotatable bonds is 3. The molecule has 1 heterocycles. The molecule has 5 heteroatoms. The van der Waals surface area contributed by atoms with E-state index in [0.29, 0.717) is 19.6 Å². The van der Waals surface area contributed by atoms with E-state index < -0.39 is 11.8 Å². The molecule has 1 fully saturated rings. The normalized spacial score (nSPS) is 17.8. The summed E-state index contributed by atoms with van der Waals surface area (Å²) in [5.74, 6) is -0.916. The molecule has 1 aliphatic heterocycles. The highest BCUT2D eigenvalue weighted by molar-refractivity contribution is 6.35. The average Bonchev–Trinajstić information content (AvgIpc) is 2.40. The number of likely N-dealkylation sites (N-methyl/N-ethyl adjacent to an activating group) is 1. The Morgan fingerprint density at radius 1 is 1.21 bits per heavy atom. The Kier molecular flexibility index (Phi) is 3.85. The molecule has 1 aromatic rings. The number of amides is 2. The van der Waals surface area contributed by atoms with Crippen LogP contribution < -0.4 is 5.73 Å². The molecule has 1 saturated heterocycles. The SMILES string of the molecule is Cc1ccccc1C(N)CN1CCN(C)C(=O)C1=O. The molecule has 5 nitrogen and oxygen atoms in total. The van der Waals surface area contributed by atoms with Crippen LogP contribution in [-0.4, -0.2) is 48.3 Å². The van der Waals surface area contributed by atoms with Crippen LogP contribution >= 0.6 is 0 Å². The molecule has 2 amide bonds. The van der Waals surface area contributed by atoms with Gasteiger partial charge in [0.15, 0.2) is 0 Å². The molecular formula is C14H19N3O2. The number of hydrogen-bond donors (Lipinski definition) is 1. The Balaban J connectivity index is 2.07. The van der Waals surface area contributed by atoms with Crippen LogP contribution in [0.3, 0.4) is 0 Å². The van der Waals surface area contributed by atoms with E-state index in [1.807, 2.05) is 31.2 Å². The predicted molar refractivity (Wildman–Crippen MR) is 72.3 cm³/mol. The molecule has 2 N–H and O–H groups in total.